The molecule has 3 N–H and O–H groups in total. The lowest BCUT2D eigenvalue weighted by molar-refractivity contribution is 0.704. The van der Waals surface area contributed by atoms with Crippen LogP contribution in [0.3, 0.4) is 0 Å². The molecule has 0 saturated heterocycles. The summed E-state index contributed by atoms with van der Waals surface area (Å²) in [6.45, 7) is 1.94. The SMILES string of the molecule is CC(N)Cc1nc(N(C)C)n[nH]1. The first-order chi connectivity index (χ1) is 5.59. The van der Waals surface area contributed by atoms with E-state index in [0.717, 1.165) is 12.2 Å². The maximum absolute atomic E-state index is 5.61. The molecule has 0 bridgehead atoms. The zero-order valence-electron chi connectivity index (χ0n) is 7.70. The van der Waals surface area contributed by atoms with Gasteiger partial charge in [-0.2, -0.15) is 4.98 Å². The Morgan fingerprint density at radius 2 is 2.25 bits per heavy atom. The van der Waals surface area contributed by atoms with E-state index in [2.05, 4.69) is 15.2 Å². The van der Waals surface area contributed by atoms with Crippen molar-refractivity contribution in [2.24, 2.45) is 5.73 Å². The lowest BCUT2D eigenvalue weighted by Crippen LogP contribution is -2.18. The van der Waals surface area contributed by atoms with Crippen molar-refractivity contribution < 1.29 is 0 Å². The summed E-state index contributed by atoms with van der Waals surface area (Å²) in [6, 6.07) is 0.118. The number of aromatic nitrogens is 3. The summed E-state index contributed by atoms with van der Waals surface area (Å²) < 4.78 is 0. The number of nitrogens with zero attached hydrogens (tertiary/aromatic N) is 3. The van der Waals surface area contributed by atoms with Gasteiger partial charge in [-0.15, -0.1) is 5.10 Å². The van der Waals surface area contributed by atoms with Crippen LogP contribution in [-0.2, 0) is 6.42 Å². The standard InChI is InChI=1S/C7H15N5/c1-5(8)4-6-9-7(11-10-6)12(2)3/h5H,4,8H2,1-3H3,(H,9,10,11). The third-order valence-corrected chi connectivity index (χ3v) is 1.44. The molecule has 5 nitrogen and oxygen atoms in total. The summed E-state index contributed by atoms with van der Waals surface area (Å²) in [4.78, 5) is 6.08. The van der Waals surface area contributed by atoms with Gasteiger partial charge in [0.15, 0.2) is 0 Å². The highest BCUT2D eigenvalue weighted by atomic mass is 15.3. The van der Waals surface area contributed by atoms with Gasteiger partial charge in [0.05, 0.1) is 0 Å². The first-order valence-electron chi connectivity index (χ1n) is 3.93. The highest BCUT2D eigenvalue weighted by Crippen LogP contribution is 2.02. The Morgan fingerprint density at radius 1 is 1.58 bits per heavy atom. The smallest absolute Gasteiger partial charge is 0.244 e. The summed E-state index contributed by atoms with van der Waals surface area (Å²) in [7, 11) is 3.80. The number of hydrogen-bond donors (Lipinski definition) is 2. The molecule has 12 heavy (non-hydrogen) atoms. The third-order valence-electron chi connectivity index (χ3n) is 1.44. The highest BCUT2D eigenvalue weighted by molar-refractivity contribution is 5.24. The van der Waals surface area contributed by atoms with Gasteiger partial charge in [-0.05, 0) is 6.92 Å². The van der Waals surface area contributed by atoms with Crippen molar-refractivity contribution in [1.29, 1.82) is 0 Å². The molecule has 1 unspecified atom stereocenters. The van der Waals surface area contributed by atoms with Crippen molar-refractivity contribution in [2.45, 2.75) is 19.4 Å². The third kappa shape index (κ3) is 2.20. The van der Waals surface area contributed by atoms with Crippen LogP contribution in [0.2, 0.25) is 0 Å². The van der Waals surface area contributed by atoms with Gasteiger partial charge in [0, 0.05) is 26.6 Å². The average Bonchev–Trinajstić information content (AvgIpc) is 2.34. The normalized spacial score (nSPS) is 13.0. The molecular formula is C7H15N5. The van der Waals surface area contributed by atoms with E-state index in [1.807, 2.05) is 25.9 Å². The number of nitrogens with one attached hydrogen (secondary N) is 1. The minimum atomic E-state index is 0.118. The molecule has 0 aliphatic heterocycles. The van der Waals surface area contributed by atoms with Crippen LogP contribution in [0.25, 0.3) is 0 Å². The van der Waals surface area contributed by atoms with E-state index in [4.69, 9.17) is 5.73 Å². The van der Waals surface area contributed by atoms with Crippen LogP contribution in [0.15, 0.2) is 0 Å². The Kier molecular flexibility index (Phi) is 2.65. The van der Waals surface area contributed by atoms with Gasteiger partial charge < -0.3 is 10.6 Å². The molecule has 0 amide bonds. The molecule has 0 spiro atoms. The zero-order chi connectivity index (χ0) is 9.14. The quantitative estimate of drug-likeness (QED) is 0.655. The van der Waals surface area contributed by atoms with Crippen LogP contribution in [0, 0.1) is 0 Å². The summed E-state index contributed by atoms with van der Waals surface area (Å²) >= 11 is 0. The molecule has 0 aliphatic rings. The number of H-pyrrole nitrogens is 1. The molecule has 0 radical (unpaired) electrons. The molecule has 0 fully saturated rings. The molecule has 1 heterocycles. The Bertz CT molecular complexity index is 240. The summed E-state index contributed by atoms with van der Waals surface area (Å²) in [6.07, 6.45) is 0.737. The van der Waals surface area contributed by atoms with Gasteiger partial charge in [0.1, 0.15) is 5.82 Å². The van der Waals surface area contributed by atoms with Crippen LogP contribution >= 0.6 is 0 Å². The molecule has 0 aliphatic carbocycles. The number of aromatic amines is 1. The van der Waals surface area contributed by atoms with E-state index < -0.39 is 0 Å². The van der Waals surface area contributed by atoms with Crippen molar-refractivity contribution in [2.75, 3.05) is 19.0 Å². The maximum Gasteiger partial charge on any atom is 0.244 e. The zero-order valence-corrected chi connectivity index (χ0v) is 7.70. The van der Waals surface area contributed by atoms with Crippen molar-refractivity contribution >= 4 is 5.95 Å². The van der Waals surface area contributed by atoms with Crippen LogP contribution < -0.4 is 10.6 Å². The van der Waals surface area contributed by atoms with Gasteiger partial charge >= 0.3 is 0 Å². The van der Waals surface area contributed by atoms with Crippen LogP contribution in [0.5, 0.6) is 0 Å². The Labute approximate surface area is 72.0 Å². The molecule has 1 atom stereocenters. The fourth-order valence-electron chi connectivity index (χ4n) is 0.882. The van der Waals surface area contributed by atoms with E-state index in [9.17, 15) is 0 Å². The summed E-state index contributed by atoms with van der Waals surface area (Å²) in [5, 5.41) is 6.84. The van der Waals surface area contributed by atoms with Gasteiger partial charge in [-0.1, -0.05) is 0 Å². The Hall–Kier alpha value is -1.10. The van der Waals surface area contributed by atoms with Crippen LogP contribution in [0.4, 0.5) is 5.95 Å². The second-order valence-corrected chi connectivity index (χ2v) is 3.16. The van der Waals surface area contributed by atoms with Crippen molar-refractivity contribution in [3.8, 4) is 0 Å². The second-order valence-electron chi connectivity index (χ2n) is 3.16. The maximum atomic E-state index is 5.61. The van der Waals surface area contributed by atoms with E-state index in [1.165, 1.54) is 0 Å². The Morgan fingerprint density at radius 3 is 2.67 bits per heavy atom. The first kappa shape index (κ1) is 8.99. The van der Waals surface area contributed by atoms with Gasteiger partial charge in [-0.25, -0.2) is 0 Å². The predicted octanol–water partition coefficient (Wildman–Crippen LogP) is -0.240. The Balaban J connectivity index is 2.64. The number of nitrogens with two attached hydrogens (primary N) is 1. The van der Waals surface area contributed by atoms with E-state index in [1.54, 1.807) is 0 Å². The fraction of sp³-hybridized carbons (Fsp3) is 0.714. The first-order valence-corrected chi connectivity index (χ1v) is 3.93. The monoisotopic (exact) mass is 169 g/mol. The number of hydrogen-bond acceptors (Lipinski definition) is 4. The minimum absolute atomic E-state index is 0.118. The highest BCUT2D eigenvalue weighted by Gasteiger charge is 2.05. The molecule has 0 saturated carbocycles. The lowest BCUT2D eigenvalue weighted by Gasteiger charge is -2.03. The number of anilines is 1. The fourth-order valence-corrected chi connectivity index (χ4v) is 0.882. The minimum Gasteiger partial charge on any atom is -0.346 e. The van der Waals surface area contributed by atoms with E-state index in [0.29, 0.717) is 5.95 Å². The van der Waals surface area contributed by atoms with Crippen LogP contribution in [-0.4, -0.2) is 35.3 Å². The molecule has 1 aromatic rings. The largest absolute Gasteiger partial charge is 0.346 e. The van der Waals surface area contributed by atoms with Crippen molar-refractivity contribution in [3.63, 3.8) is 0 Å². The van der Waals surface area contributed by atoms with Crippen molar-refractivity contribution in [3.05, 3.63) is 5.82 Å². The molecule has 68 valence electrons. The van der Waals surface area contributed by atoms with Crippen molar-refractivity contribution in [1.82, 2.24) is 15.2 Å². The predicted molar refractivity (Wildman–Crippen MR) is 48.1 cm³/mol. The van der Waals surface area contributed by atoms with Gasteiger partial charge in [0.25, 0.3) is 0 Å². The molecule has 5 heteroatoms. The molecule has 1 rings (SSSR count). The van der Waals surface area contributed by atoms with Crippen LogP contribution in [0.1, 0.15) is 12.7 Å². The molecule has 0 aromatic carbocycles. The second kappa shape index (κ2) is 3.53. The summed E-state index contributed by atoms with van der Waals surface area (Å²) in [5.74, 6) is 1.54. The molecular weight excluding hydrogens is 154 g/mol. The topological polar surface area (TPSA) is 70.8 Å². The average molecular weight is 169 g/mol. The van der Waals surface area contributed by atoms with Gasteiger partial charge in [-0.3, -0.25) is 5.10 Å². The molecule has 1 aromatic heterocycles. The van der Waals surface area contributed by atoms with E-state index >= 15 is 0 Å². The van der Waals surface area contributed by atoms with E-state index in [-0.39, 0.29) is 6.04 Å². The lowest BCUT2D eigenvalue weighted by atomic mass is 10.2. The number of rotatable bonds is 3. The summed E-state index contributed by atoms with van der Waals surface area (Å²) in [5.41, 5.74) is 5.61. The van der Waals surface area contributed by atoms with Gasteiger partial charge in [0.2, 0.25) is 5.95 Å².